The van der Waals surface area contributed by atoms with Crippen LogP contribution in [0.4, 0.5) is 0 Å². The van der Waals surface area contributed by atoms with Crippen molar-refractivity contribution in [3.63, 3.8) is 0 Å². The number of carbonyl (C=O) groups excluding carboxylic acids is 1. The molecule has 1 aromatic carbocycles. The molecular weight excluding hydrogens is 256 g/mol. The number of rotatable bonds is 8. The molecule has 0 heterocycles. The highest BCUT2D eigenvalue weighted by atomic mass is 16.4. The first-order valence-corrected chi connectivity index (χ1v) is 6.77. The molecule has 0 aliphatic heterocycles. The Hall–Kier alpha value is -1.88. The number of carboxylic acid groups (broad SMARTS) is 1. The van der Waals surface area contributed by atoms with Gasteiger partial charge in [0.2, 0.25) is 5.91 Å². The van der Waals surface area contributed by atoms with Gasteiger partial charge in [0.1, 0.15) is 0 Å². The fourth-order valence-corrected chi connectivity index (χ4v) is 2.01. The maximum Gasteiger partial charge on any atom is 0.307 e. The number of nitrogens with one attached hydrogen (secondary N) is 1. The molecule has 0 atom stereocenters. The van der Waals surface area contributed by atoms with Crippen LogP contribution in [0, 0.1) is 0 Å². The van der Waals surface area contributed by atoms with E-state index in [9.17, 15) is 9.59 Å². The molecule has 0 bridgehead atoms. The smallest absolute Gasteiger partial charge is 0.307 e. The Balaban J connectivity index is 2.63. The highest BCUT2D eigenvalue weighted by molar-refractivity contribution is 5.77. The van der Waals surface area contributed by atoms with E-state index >= 15 is 0 Å². The summed E-state index contributed by atoms with van der Waals surface area (Å²) in [6.07, 6.45) is 1.02. The quantitative estimate of drug-likeness (QED) is 0.751. The van der Waals surface area contributed by atoms with Crippen LogP contribution in [0.15, 0.2) is 24.3 Å². The van der Waals surface area contributed by atoms with E-state index in [4.69, 9.17) is 5.11 Å². The van der Waals surface area contributed by atoms with E-state index in [0.29, 0.717) is 13.1 Å². The van der Waals surface area contributed by atoms with Crippen LogP contribution in [0.2, 0.25) is 0 Å². The van der Waals surface area contributed by atoms with Crippen LogP contribution in [0.3, 0.4) is 0 Å². The van der Waals surface area contributed by atoms with Crippen molar-refractivity contribution in [2.45, 2.75) is 26.3 Å². The lowest BCUT2D eigenvalue weighted by Crippen LogP contribution is -2.35. The van der Waals surface area contributed by atoms with Crippen molar-refractivity contribution in [3.05, 3.63) is 35.4 Å². The van der Waals surface area contributed by atoms with Crippen molar-refractivity contribution in [2.24, 2.45) is 0 Å². The fourth-order valence-electron chi connectivity index (χ4n) is 2.01. The number of carboxylic acids is 1. The molecule has 1 amide bonds. The van der Waals surface area contributed by atoms with Gasteiger partial charge in [-0.05, 0) is 24.1 Å². The molecule has 0 aromatic heterocycles. The predicted octanol–water partition coefficient (Wildman–Crippen LogP) is 1.27. The zero-order chi connectivity index (χ0) is 15.0. The van der Waals surface area contributed by atoms with E-state index < -0.39 is 5.97 Å². The molecule has 0 unspecified atom stereocenters. The monoisotopic (exact) mass is 278 g/mol. The molecule has 110 valence electrons. The Morgan fingerprint density at radius 1 is 1.20 bits per heavy atom. The predicted molar refractivity (Wildman–Crippen MR) is 77.4 cm³/mol. The zero-order valence-electron chi connectivity index (χ0n) is 12.1. The van der Waals surface area contributed by atoms with Gasteiger partial charge >= 0.3 is 5.97 Å². The number of benzene rings is 1. The van der Waals surface area contributed by atoms with Crippen LogP contribution in [-0.4, -0.2) is 42.0 Å². The molecule has 0 radical (unpaired) electrons. The Morgan fingerprint density at radius 3 is 2.30 bits per heavy atom. The van der Waals surface area contributed by atoms with Crippen molar-refractivity contribution in [3.8, 4) is 0 Å². The molecule has 0 fully saturated rings. The summed E-state index contributed by atoms with van der Waals surface area (Å²) in [6, 6.07) is 7.50. The lowest BCUT2D eigenvalue weighted by Gasteiger charge is -2.20. The minimum absolute atomic E-state index is 0.000877. The summed E-state index contributed by atoms with van der Waals surface area (Å²) in [7, 11) is 1.63. The van der Waals surface area contributed by atoms with Gasteiger partial charge in [-0.25, -0.2) is 0 Å². The second-order valence-corrected chi connectivity index (χ2v) is 4.77. The lowest BCUT2D eigenvalue weighted by molar-refractivity contribution is -0.136. The van der Waals surface area contributed by atoms with E-state index in [0.717, 1.165) is 24.1 Å². The summed E-state index contributed by atoms with van der Waals surface area (Å²) in [6.45, 7) is 3.99. The molecular formula is C15H22N2O3. The first-order chi connectivity index (χ1) is 9.55. The fraction of sp³-hybridized carbons (Fsp3) is 0.467. The van der Waals surface area contributed by atoms with Crippen LogP contribution < -0.4 is 5.32 Å². The SMILES string of the molecule is CCCN(CC(=O)NC)Cc1ccc(CC(=O)O)cc1. The number of amides is 1. The number of nitrogens with zero attached hydrogens (tertiary/aromatic N) is 1. The van der Waals surface area contributed by atoms with Crippen molar-refractivity contribution < 1.29 is 14.7 Å². The zero-order valence-corrected chi connectivity index (χ0v) is 12.1. The number of carbonyl (C=O) groups is 2. The maximum absolute atomic E-state index is 11.4. The number of likely N-dealkylation sites (N-methyl/N-ethyl adjacent to an activating group) is 1. The molecule has 1 aromatic rings. The molecule has 2 N–H and O–H groups in total. The molecule has 0 saturated carbocycles. The third kappa shape index (κ3) is 5.84. The first kappa shape index (κ1) is 16.2. The van der Waals surface area contributed by atoms with Gasteiger partial charge in [0.05, 0.1) is 13.0 Å². The maximum atomic E-state index is 11.4. The Kier molecular flexibility index (Phi) is 6.73. The highest BCUT2D eigenvalue weighted by Crippen LogP contribution is 2.09. The van der Waals surface area contributed by atoms with Crippen LogP contribution >= 0.6 is 0 Å². The molecule has 5 nitrogen and oxygen atoms in total. The average molecular weight is 278 g/mol. The minimum Gasteiger partial charge on any atom is -0.481 e. The van der Waals surface area contributed by atoms with E-state index in [1.807, 2.05) is 24.3 Å². The summed E-state index contributed by atoms with van der Waals surface area (Å²) < 4.78 is 0. The number of hydrogen-bond donors (Lipinski definition) is 2. The van der Waals surface area contributed by atoms with Gasteiger partial charge < -0.3 is 10.4 Å². The van der Waals surface area contributed by atoms with E-state index in [-0.39, 0.29) is 12.3 Å². The molecule has 20 heavy (non-hydrogen) atoms. The van der Waals surface area contributed by atoms with Crippen molar-refractivity contribution >= 4 is 11.9 Å². The van der Waals surface area contributed by atoms with Crippen LogP contribution in [0.5, 0.6) is 0 Å². The van der Waals surface area contributed by atoms with Gasteiger partial charge in [0, 0.05) is 13.6 Å². The summed E-state index contributed by atoms with van der Waals surface area (Å²) in [4.78, 5) is 24.1. The first-order valence-electron chi connectivity index (χ1n) is 6.77. The van der Waals surface area contributed by atoms with Gasteiger partial charge in [0.15, 0.2) is 0 Å². The molecule has 0 aliphatic rings. The van der Waals surface area contributed by atoms with Crippen LogP contribution in [0.25, 0.3) is 0 Å². The van der Waals surface area contributed by atoms with Gasteiger partial charge in [-0.15, -0.1) is 0 Å². The Labute approximate surface area is 119 Å². The normalized spacial score (nSPS) is 10.6. The molecule has 1 rings (SSSR count). The minimum atomic E-state index is -0.829. The standard InChI is InChI=1S/C15H22N2O3/c1-3-8-17(11-14(18)16-2)10-13-6-4-12(5-7-13)9-15(19)20/h4-7H,3,8-11H2,1-2H3,(H,16,18)(H,19,20). The average Bonchev–Trinajstić information content (AvgIpc) is 2.40. The Bertz CT molecular complexity index is 443. The second-order valence-electron chi connectivity index (χ2n) is 4.77. The van der Waals surface area contributed by atoms with E-state index in [1.54, 1.807) is 7.05 Å². The van der Waals surface area contributed by atoms with Crippen LogP contribution in [-0.2, 0) is 22.6 Å². The largest absolute Gasteiger partial charge is 0.481 e. The lowest BCUT2D eigenvalue weighted by atomic mass is 10.1. The van der Waals surface area contributed by atoms with Crippen molar-refractivity contribution in [2.75, 3.05) is 20.1 Å². The van der Waals surface area contributed by atoms with Crippen molar-refractivity contribution in [1.29, 1.82) is 0 Å². The highest BCUT2D eigenvalue weighted by Gasteiger charge is 2.09. The van der Waals surface area contributed by atoms with E-state index in [1.165, 1.54) is 0 Å². The third-order valence-electron chi connectivity index (χ3n) is 2.97. The second kappa shape index (κ2) is 8.32. The summed E-state index contributed by atoms with van der Waals surface area (Å²) in [5.41, 5.74) is 1.87. The molecule has 0 spiro atoms. The van der Waals surface area contributed by atoms with Gasteiger partial charge in [-0.3, -0.25) is 14.5 Å². The summed E-state index contributed by atoms with van der Waals surface area (Å²) in [5, 5.41) is 11.3. The molecule has 0 saturated heterocycles. The third-order valence-corrected chi connectivity index (χ3v) is 2.97. The van der Waals surface area contributed by atoms with Crippen LogP contribution in [0.1, 0.15) is 24.5 Å². The summed E-state index contributed by atoms with van der Waals surface area (Å²) in [5.74, 6) is -0.828. The van der Waals surface area contributed by atoms with Gasteiger partial charge in [-0.1, -0.05) is 31.2 Å². The van der Waals surface area contributed by atoms with Gasteiger partial charge in [0.25, 0.3) is 0 Å². The van der Waals surface area contributed by atoms with E-state index in [2.05, 4.69) is 17.1 Å². The number of aliphatic carboxylic acids is 1. The molecule has 5 heteroatoms. The Morgan fingerprint density at radius 2 is 1.80 bits per heavy atom. The van der Waals surface area contributed by atoms with Crippen molar-refractivity contribution in [1.82, 2.24) is 10.2 Å². The van der Waals surface area contributed by atoms with Gasteiger partial charge in [-0.2, -0.15) is 0 Å². The summed E-state index contributed by atoms with van der Waals surface area (Å²) >= 11 is 0. The number of hydrogen-bond acceptors (Lipinski definition) is 3. The molecule has 0 aliphatic carbocycles. The topological polar surface area (TPSA) is 69.6 Å².